The van der Waals surface area contributed by atoms with Gasteiger partial charge in [-0.15, -0.1) is 0 Å². The molecule has 1 aromatic heterocycles. The summed E-state index contributed by atoms with van der Waals surface area (Å²) in [6.45, 7) is 0. The number of aromatic hydroxyl groups is 1. The molecule has 4 N–H and O–H groups in total. The van der Waals surface area contributed by atoms with E-state index in [0.717, 1.165) is 25.7 Å². The van der Waals surface area contributed by atoms with Gasteiger partial charge in [0.25, 0.3) is 5.91 Å². The van der Waals surface area contributed by atoms with Crippen molar-refractivity contribution < 1.29 is 9.90 Å². The van der Waals surface area contributed by atoms with Gasteiger partial charge in [0.05, 0.1) is 6.20 Å². The van der Waals surface area contributed by atoms with Crippen molar-refractivity contribution in [2.45, 2.75) is 37.8 Å². The highest BCUT2D eigenvalue weighted by Gasteiger charge is 2.20. The van der Waals surface area contributed by atoms with Gasteiger partial charge in [-0.3, -0.25) is 4.79 Å². The lowest BCUT2D eigenvalue weighted by Gasteiger charge is -2.26. The van der Waals surface area contributed by atoms with Crippen LogP contribution in [-0.4, -0.2) is 28.1 Å². The lowest BCUT2D eigenvalue weighted by molar-refractivity contribution is 0.0921. The summed E-state index contributed by atoms with van der Waals surface area (Å²) in [5, 5.41) is 12.0. The Balaban J connectivity index is 1.91. The van der Waals surface area contributed by atoms with Crippen molar-refractivity contribution in [3.8, 4) is 5.75 Å². The van der Waals surface area contributed by atoms with Crippen LogP contribution in [-0.2, 0) is 0 Å². The Hall–Kier alpha value is -1.62. The van der Waals surface area contributed by atoms with Crippen LogP contribution >= 0.6 is 0 Å². The molecule has 1 aliphatic rings. The first-order valence-corrected chi connectivity index (χ1v) is 5.86. The molecule has 0 radical (unpaired) electrons. The summed E-state index contributed by atoms with van der Waals surface area (Å²) in [6, 6.07) is 3.44. The van der Waals surface area contributed by atoms with Crippen LogP contribution in [0, 0.1) is 0 Å². The van der Waals surface area contributed by atoms with Gasteiger partial charge in [-0.2, -0.15) is 0 Å². The molecule has 2 rings (SSSR count). The molecule has 1 heterocycles. The zero-order valence-corrected chi connectivity index (χ0v) is 9.60. The predicted octanol–water partition coefficient (Wildman–Crippen LogP) is 0.787. The number of nitrogens with zero attached hydrogens (tertiary/aromatic N) is 1. The number of hydrogen-bond donors (Lipinski definition) is 3. The minimum absolute atomic E-state index is 0.0604. The van der Waals surface area contributed by atoms with E-state index in [1.165, 1.54) is 18.3 Å². The molecule has 0 unspecified atom stereocenters. The number of carbonyl (C=O) groups excluding carboxylic acids is 1. The van der Waals surface area contributed by atoms with Gasteiger partial charge in [0.15, 0.2) is 0 Å². The molecule has 1 aromatic rings. The van der Waals surface area contributed by atoms with Crippen LogP contribution in [0.3, 0.4) is 0 Å². The third-order valence-electron chi connectivity index (χ3n) is 3.09. The van der Waals surface area contributed by atoms with Gasteiger partial charge in [-0.05, 0) is 37.8 Å². The average Bonchev–Trinajstić information content (AvgIpc) is 2.33. The fraction of sp³-hybridized carbons (Fsp3) is 0.500. The molecule has 17 heavy (non-hydrogen) atoms. The lowest BCUT2D eigenvalue weighted by Crippen LogP contribution is -2.40. The molecule has 1 saturated carbocycles. The van der Waals surface area contributed by atoms with E-state index < -0.39 is 0 Å². The Bertz CT molecular complexity index is 383. The molecule has 1 fully saturated rings. The van der Waals surface area contributed by atoms with Crippen molar-refractivity contribution in [2.24, 2.45) is 5.73 Å². The monoisotopic (exact) mass is 235 g/mol. The number of hydrogen-bond acceptors (Lipinski definition) is 4. The predicted molar refractivity (Wildman–Crippen MR) is 63.6 cm³/mol. The summed E-state index contributed by atoms with van der Waals surface area (Å²) in [7, 11) is 0. The highest BCUT2D eigenvalue weighted by molar-refractivity contribution is 5.92. The van der Waals surface area contributed by atoms with Crippen LogP contribution in [0.2, 0.25) is 0 Å². The molecule has 0 aromatic carbocycles. The third kappa shape index (κ3) is 3.17. The van der Waals surface area contributed by atoms with Crippen molar-refractivity contribution >= 4 is 5.91 Å². The van der Waals surface area contributed by atoms with Crippen LogP contribution in [0.5, 0.6) is 5.75 Å². The number of amides is 1. The van der Waals surface area contributed by atoms with Crippen LogP contribution in [0.4, 0.5) is 0 Å². The zero-order chi connectivity index (χ0) is 12.3. The molecule has 0 spiro atoms. The number of aromatic nitrogens is 1. The minimum Gasteiger partial charge on any atom is -0.506 e. The van der Waals surface area contributed by atoms with Crippen molar-refractivity contribution in [3.05, 3.63) is 24.0 Å². The Morgan fingerprint density at radius 1 is 1.35 bits per heavy atom. The first kappa shape index (κ1) is 11.9. The van der Waals surface area contributed by atoms with Crippen molar-refractivity contribution in [3.63, 3.8) is 0 Å². The maximum atomic E-state index is 11.8. The lowest BCUT2D eigenvalue weighted by atomic mass is 9.92. The molecule has 1 amide bonds. The quantitative estimate of drug-likeness (QED) is 0.707. The number of pyridine rings is 1. The van der Waals surface area contributed by atoms with Gasteiger partial charge in [0.2, 0.25) is 0 Å². The molecule has 1 aliphatic carbocycles. The van der Waals surface area contributed by atoms with Crippen LogP contribution in [0.1, 0.15) is 36.2 Å². The van der Waals surface area contributed by atoms with E-state index in [1.807, 2.05) is 0 Å². The Morgan fingerprint density at radius 3 is 2.65 bits per heavy atom. The maximum absolute atomic E-state index is 11.8. The molecule has 5 heteroatoms. The molecule has 5 nitrogen and oxygen atoms in total. The molecule has 0 aliphatic heterocycles. The second-order valence-corrected chi connectivity index (χ2v) is 4.49. The first-order valence-electron chi connectivity index (χ1n) is 5.86. The van der Waals surface area contributed by atoms with E-state index in [9.17, 15) is 4.79 Å². The Morgan fingerprint density at radius 2 is 2.06 bits per heavy atom. The average molecular weight is 235 g/mol. The normalized spacial score (nSPS) is 24.3. The van der Waals surface area contributed by atoms with Crippen LogP contribution in [0.15, 0.2) is 18.3 Å². The highest BCUT2D eigenvalue weighted by Crippen LogP contribution is 2.17. The molecule has 0 atom stereocenters. The van der Waals surface area contributed by atoms with Gasteiger partial charge in [-0.25, -0.2) is 4.98 Å². The second-order valence-electron chi connectivity index (χ2n) is 4.49. The fourth-order valence-corrected chi connectivity index (χ4v) is 2.04. The van der Waals surface area contributed by atoms with Crippen molar-refractivity contribution in [2.75, 3.05) is 0 Å². The van der Waals surface area contributed by atoms with Gasteiger partial charge in [0.1, 0.15) is 11.4 Å². The van der Waals surface area contributed by atoms with Crippen molar-refractivity contribution in [1.82, 2.24) is 10.3 Å². The standard InChI is InChI=1S/C12H17N3O2/c13-8-1-3-9(4-2-8)15-12(17)11-6-5-10(16)7-14-11/h5-9,16H,1-4,13H2,(H,15,17)/t8-,9-. The van der Waals surface area contributed by atoms with Crippen LogP contribution < -0.4 is 11.1 Å². The van der Waals surface area contributed by atoms with Crippen LogP contribution in [0.25, 0.3) is 0 Å². The summed E-state index contributed by atoms with van der Waals surface area (Å²) in [4.78, 5) is 15.7. The number of rotatable bonds is 2. The smallest absolute Gasteiger partial charge is 0.270 e. The third-order valence-corrected chi connectivity index (χ3v) is 3.09. The summed E-state index contributed by atoms with van der Waals surface area (Å²) in [5.74, 6) is -0.129. The maximum Gasteiger partial charge on any atom is 0.270 e. The fourth-order valence-electron chi connectivity index (χ4n) is 2.04. The van der Waals surface area contributed by atoms with Gasteiger partial charge >= 0.3 is 0 Å². The Labute approximate surface area is 100 Å². The number of nitrogens with one attached hydrogen (secondary N) is 1. The summed E-state index contributed by atoms with van der Waals surface area (Å²) in [6.07, 6.45) is 5.02. The van der Waals surface area contributed by atoms with Crippen molar-refractivity contribution in [1.29, 1.82) is 0 Å². The zero-order valence-electron chi connectivity index (χ0n) is 9.60. The van der Waals surface area contributed by atoms with Gasteiger partial charge < -0.3 is 16.2 Å². The van der Waals surface area contributed by atoms with E-state index in [4.69, 9.17) is 10.8 Å². The Kier molecular flexibility index (Phi) is 3.58. The topological polar surface area (TPSA) is 88.2 Å². The molecule has 0 bridgehead atoms. The van der Waals surface area contributed by atoms with E-state index in [-0.39, 0.29) is 23.7 Å². The summed E-state index contributed by atoms with van der Waals surface area (Å²) in [5.41, 5.74) is 6.13. The summed E-state index contributed by atoms with van der Waals surface area (Å²) < 4.78 is 0. The minimum atomic E-state index is -0.189. The second kappa shape index (κ2) is 5.14. The van der Waals surface area contributed by atoms with E-state index >= 15 is 0 Å². The van der Waals surface area contributed by atoms with E-state index in [2.05, 4.69) is 10.3 Å². The SMILES string of the molecule is N[C@H]1CC[C@H](NC(=O)c2ccc(O)cn2)CC1. The molecule has 0 saturated heterocycles. The largest absolute Gasteiger partial charge is 0.506 e. The number of nitrogens with two attached hydrogens (primary N) is 1. The number of carbonyl (C=O) groups is 1. The molecular weight excluding hydrogens is 218 g/mol. The summed E-state index contributed by atoms with van der Waals surface area (Å²) >= 11 is 0. The molecule has 92 valence electrons. The first-order chi connectivity index (χ1) is 8.15. The van der Waals surface area contributed by atoms with Gasteiger partial charge in [0, 0.05) is 12.1 Å². The highest BCUT2D eigenvalue weighted by atomic mass is 16.3. The van der Waals surface area contributed by atoms with E-state index in [1.54, 1.807) is 0 Å². The molecular formula is C12H17N3O2. The van der Waals surface area contributed by atoms with E-state index in [0.29, 0.717) is 5.69 Å². The van der Waals surface area contributed by atoms with Gasteiger partial charge in [-0.1, -0.05) is 0 Å².